The molecule has 22 heteroatoms. The Hall–Kier alpha value is -4.07. The minimum Gasteiger partial charge on any atom is -0.505 e. The largest absolute Gasteiger partial charge is 0.505 e. The third-order valence-electron chi connectivity index (χ3n) is 5.56. The van der Waals surface area contributed by atoms with E-state index in [1.54, 1.807) is 0 Å². The fourth-order valence-corrected chi connectivity index (χ4v) is 5.64. The fraction of sp³-hybridized carbons (Fsp3) is 0. The van der Waals surface area contributed by atoms with E-state index in [-0.39, 0.29) is 43.3 Å². The molecule has 0 bridgehead atoms. The highest BCUT2D eigenvalue weighted by molar-refractivity contribution is 7.95. The molecule has 0 saturated heterocycles. The van der Waals surface area contributed by atoms with Crippen LogP contribution in [0.3, 0.4) is 0 Å². The summed E-state index contributed by atoms with van der Waals surface area (Å²) in [6.45, 7) is 0. The summed E-state index contributed by atoms with van der Waals surface area (Å²) in [6.07, 6.45) is 0. The van der Waals surface area contributed by atoms with Crippen molar-refractivity contribution in [3.8, 4) is 5.75 Å². The number of azo groups is 2. The number of hydrogen-bond donors (Lipinski definition) is 6. The Labute approximate surface area is 260 Å². The lowest BCUT2D eigenvalue weighted by atomic mass is 10.1. The van der Waals surface area contributed by atoms with E-state index in [9.17, 15) is 40.9 Å². The van der Waals surface area contributed by atoms with Crippen LogP contribution in [0, 0.1) is 0 Å². The van der Waals surface area contributed by atoms with Gasteiger partial charge in [0.05, 0.1) is 45.1 Å². The van der Waals surface area contributed by atoms with Gasteiger partial charge in [-0.1, -0.05) is 5.04 Å². The molecule has 0 aromatic heterocycles. The van der Waals surface area contributed by atoms with Gasteiger partial charge >= 0.3 is 5.97 Å². The summed E-state index contributed by atoms with van der Waals surface area (Å²) in [5.74, 6) is -2.06. The number of phenols is 1. The molecule has 0 unspecified atom stereocenters. The van der Waals surface area contributed by atoms with Crippen LogP contribution in [0.15, 0.2) is 101 Å². The van der Waals surface area contributed by atoms with Crippen LogP contribution in [-0.2, 0) is 33.9 Å². The lowest BCUT2D eigenvalue weighted by Gasteiger charge is -2.10. The van der Waals surface area contributed by atoms with Crippen LogP contribution in [0.4, 0.5) is 22.7 Å². The second-order valence-corrected chi connectivity index (χ2v) is 12.7. The first-order valence-electron chi connectivity index (χ1n) is 11.5. The highest BCUT2D eigenvalue weighted by Gasteiger charge is 2.20. The van der Waals surface area contributed by atoms with Crippen molar-refractivity contribution in [3.05, 3.63) is 66.2 Å². The number of phenolic OH excluding ortho intramolecular Hbond substituents is 1. The van der Waals surface area contributed by atoms with Gasteiger partial charge in [0, 0.05) is 10.3 Å². The minimum absolute atomic E-state index is 0.0529. The molecule has 6 N–H and O–H groups in total. The van der Waals surface area contributed by atoms with Crippen LogP contribution in [0.2, 0.25) is 0 Å². The molecule has 4 rings (SSSR count). The number of aromatic hydroxyl groups is 1. The summed E-state index contributed by atoms with van der Waals surface area (Å²) in [6, 6.07) is 11.2. The van der Waals surface area contributed by atoms with E-state index in [4.69, 9.17) is 10.5 Å². The quantitative estimate of drug-likeness (QED) is 0.0302. The Morgan fingerprint density at radius 2 is 1.51 bits per heavy atom. The Balaban J connectivity index is 1.75. The van der Waals surface area contributed by atoms with Crippen molar-refractivity contribution in [2.75, 3.05) is 0 Å². The molecule has 0 heterocycles. The lowest BCUT2D eigenvalue weighted by molar-refractivity contribution is -0.432. The molecule has 0 amide bonds. The number of benzene rings is 4. The van der Waals surface area contributed by atoms with Crippen LogP contribution >= 0.6 is 24.1 Å². The summed E-state index contributed by atoms with van der Waals surface area (Å²) in [5.41, 5.74) is -1.50. The van der Waals surface area contributed by atoms with Crippen LogP contribution in [0.25, 0.3) is 10.8 Å². The third-order valence-corrected chi connectivity index (χ3v) is 8.45. The topological polar surface area (TPSA) is 284 Å². The van der Waals surface area contributed by atoms with E-state index in [0.29, 0.717) is 24.1 Å². The highest BCUT2D eigenvalue weighted by Crippen LogP contribution is 2.44. The van der Waals surface area contributed by atoms with Gasteiger partial charge in [0.2, 0.25) is 0 Å². The van der Waals surface area contributed by atoms with Gasteiger partial charge in [-0.2, -0.15) is 26.3 Å². The van der Waals surface area contributed by atoms with Gasteiger partial charge in [-0.25, -0.2) is 15.3 Å². The number of aromatic carboxylic acids is 1. The van der Waals surface area contributed by atoms with Crippen LogP contribution in [0.5, 0.6) is 5.75 Å². The van der Waals surface area contributed by atoms with Gasteiger partial charge in [0.25, 0.3) is 20.2 Å². The van der Waals surface area contributed by atoms with Gasteiger partial charge in [-0.3, -0.25) is 9.11 Å². The molecule has 0 aliphatic heterocycles. The first kappa shape index (κ1) is 33.8. The van der Waals surface area contributed by atoms with Crippen molar-refractivity contribution in [1.29, 1.82) is 0 Å². The summed E-state index contributed by atoms with van der Waals surface area (Å²) >= 11 is 0.770. The fourth-order valence-electron chi connectivity index (χ4n) is 3.65. The third kappa shape index (κ3) is 8.16. The highest BCUT2D eigenvalue weighted by atomic mass is 32.2. The van der Waals surface area contributed by atoms with Crippen LogP contribution < -0.4 is 0 Å². The van der Waals surface area contributed by atoms with Crippen molar-refractivity contribution >= 4 is 83.8 Å². The molecule has 0 fully saturated rings. The normalized spacial score (nSPS) is 12.4. The minimum atomic E-state index is -4.75. The number of hydrogen-bond acceptors (Lipinski definition) is 17. The maximum atomic E-state index is 12.0. The Kier molecular flexibility index (Phi) is 10.5. The zero-order chi connectivity index (χ0) is 32.9. The standard InChI is InChI=1S/C23H16N4O14S4/c28-22-15-4-3-14(44(33,34)35)7-11(15)8-19(43-41-39-31)21(22)27-25-17-5-1-12(9-16(17)23(29)30)24-26-18-10-13(42-40-32)2-6-20(18)45(36,37)38/h1-10,28,31-32H,(H,29,30)(H,33,34,35)(H,36,37,38)/b26-24+,27-25+. The Bertz CT molecular complexity index is 2070. The van der Waals surface area contributed by atoms with Crippen molar-refractivity contribution < 1.29 is 65.2 Å². The molecule has 4 aromatic rings. The number of carboxylic acid groups (broad SMARTS) is 1. The molecular formula is C23H16N4O14S4. The monoisotopic (exact) mass is 700 g/mol. The second-order valence-electron chi connectivity index (χ2n) is 8.32. The maximum Gasteiger partial charge on any atom is 0.338 e. The lowest BCUT2D eigenvalue weighted by Crippen LogP contribution is -1.98. The molecule has 0 aliphatic carbocycles. The average Bonchev–Trinajstić information content (AvgIpc) is 2.97. The number of nitrogens with zero attached hydrogens (tertiary/aromatic N) is 4. The summed E-state index contributed by atoms with van der Waals surface area (Å²) in [4.78, 5) is 11.0. The molecule has 0 atom stereocenters. The van der Waals surface area contributed by atoms with Crippen molar-refractivity contribution in [3.63, 3.8) is 0 Å². The summed E-state index contributed by atoms with van der Waals surface area (Å²) in [5, 5.41) is 56.9. The molecule has 0 radical (unpaired) electrons. The number of carboxylic acids is 1. The van der Waals surface area contributed by atoms with E-state index in [1.165, 1.54) is 24.3 Å². The van der Waals surface area contributed by atoms with Gasteiger partial charge in [-0.15, -0.1) is 19.7 Å². The molecule has 18 nitrogen and oxygen atoms in total. The molecule has 0 spiro atoms. The Morgan fingerprint density at radius 3 is 2.16 bits per heavy atom. The molecule has 0 aliphatic rings. The molecule has 236 valence electrons. The van der Waals surface area contributed by atoms with Gasteiger partial charge in [0.1, 0.15) is 22.0 Å². The van der Waals surface area contributed by atoms with Crippen molar-refractivity contribution in [1.82, 2.24) is 0 Å². The second kappa shape index (κ2) is 13.9. The van der Waals surface area contributed by atoms with Crippen molar-refractivity contribution in [2.24, 2.45) is 20.5 Å². The molecular weight excluding hydrogens is 685 g/mol. The Morgan fingerprint density at radius 1 is 0.778 bits per heavy atom. The smallest absolute Gasteiger partial charge is 0.338 e. The van der Waals surface area contributed by atoms with Gasteiger partial charge < -0.3 is 10.2 Å². The zero-order valence-corrected chi connectivity index (χ0v) is 24.9. The molecule has 4 aromatic carbocycles. The van der Waals surface area contributed by atoms with Gasteiger partial charge in [0.15, 0.2) is 5.75 Å². The van der Waals surface area contributed by atoms with E-state index in [1.807, 2.05) is 0 Å². The SMILES string of the molecule is O=C(O)c1cc(/N=N/c2cc(SOO)ccc2S(=O)(=O)O)ccc1/N=N/c1c(SOOO)cc2cc(S(=O)(=O)O)ccc2c1O. The van der Waals surface area contributed by atoms with Crippen LogP contribution in [0.1, 0.15) is 10.4 Å². The zero-order valence-electron chi connectivity index (χ0n) is 21.6. The maximum absolute atomic E-state index is 12.0. The average molecular weight is 701 g/mol. The number of fused-ring (bicyclic) bond motifs is 1. The van der Waals surface area contributed by atoms with Crippen molar-refractivity contribution in [2.45, 2.75) is 19.6 Å². The number of rotatable bonds is 12. The molecule has 0 saturated carbocycles. The first-order chi connectivity index (χ1) is 21.2. The van der Waals surface area contributed by atoms with E-state index in [0.717, 1.165) is 36.4 Å². The van der Waals surface area contributed by atoms with E-state index < -0.39 is 47.3 Å². The number of carbonyl (C=O) groups is 1. The van der Waals surface area contributed by atoms with Gasteiger partial charge in [-0.05, 0) is 66.0 Å². The molecule has 45 heavy (non-hydrogen) atoms. The van der Waals surface area contributed by atoms with E-state index in [2.05, 4.69) is 34.2 Å². The summed E-state index contributed by atoms with van der Waals surface area (Å²) in [7, 11) is -9.34. The predicted molar refractivity (Wildman–Crippen MR) is 154 cm³/mol. The van der Waals surface area contributed by atoms with E-state index >= 15 is 0 Å². The van der Waals surface area contributed by atoms with Crippen LogP contribution in [-0.4, -0.2) is 52.6 Å². The first-order valence-corrected chi connectivity index (χ1v) is 15.8. The predicted octanol–water partition coefficient (Wildman–Crippen LogP) is 6.49. The summed E-state index contributed by atoms with van der Waals surface area (Å²) < 4.78 is 73.7.